The Bertz CT molecular complexity index is 444. The minimum absolute atomic E-state index is 0.129. The quantitative estimate of drug-likeness (QED) is 0.505. The molecule has 1 saturated heterocycles. The van der Waals surface area contributed by atoms with Crippen LogP contribution in [0.2, 0.25) is 0 Å². The Labute approximate surface area is 121 Å². The smallest absolute Gasteiger partial charge is 0.255 e. The van der Waals surface area contributed by atoms with Crippen molar-refractivity contribution in [3.05, 3.63) is 35.9 Å². The van der Waals surface area contributed by atoms with Crippen LogP contribution >= 0.6 is 0 Å². The molecule has 0 radical (unpaired) electrons. The Morgan fingerprint density at radius 2 is 1.95 bits per heavy atom. The molecule has 1 aromatic carbocycles. The standard InChI is InChI=1S/C16H25N3O/c1-16(2)9-6-11-19(12-10-16)14(15(20)18-17)13-7-4-3-5-8-13/h3-5,7-8,14H,6,9-12,17H2,1-2H3,(H,18,20). The molecular formula is C16H25N3O. The third kappa shape index (κ3) is 3.58. The topological polar surface area (TPSA) is 58.4 Å². The fourth-order valence-corrected chi connectivity index (χ4v) is 2.94. The largest absolute Gasteiger partial charge is 0.293 e. The van der Waals surface area contributed by atoms with Crippen molar-refractivity contribution in [1.82, 2.24) is 10.3 Å². The van der Waals surface area contributed by atoms with E-state index in [2.05, 4.69) is 24.2 Å². The van der Waals surface area contributed by atoms with E-state index in [4.69, 9.17) is 5.84 Å². The summed E-state index contributed by atoms with van der Waals surface area (Å²) in [6, 6.07) is 9.61. The van der Waals surface area contributed by atoms with Crippen molar-refractivity contribution in [3.63, 3.8) is 0 Å². The van der Waals surface area contributed by atoms with Gasteiger partial charge in [-0.05, 0) is 43.3 Å². The first kappa shape index (κ1) is 15.0. The van der Waals surface area contributed by atoms with Crippen LogP contribution in [0.3, 0.4) is 0 Å². The summed E-state index contributed by atoms with van der Waals surface area (Å²) in [4.78, 5) is 14.5. The van der Waals surface area contributed by atoms with E-state index in [-0.39, 0.29) is 11.9 Å². The van der Waals surface area contributed by atoms with Gasteiger partial charge < -0.3 is 0 Å². The fourth-order valence-electron chi connectivity index (χ4n) is 2.94. The van der Waals surface area contributed by atoms with Crippen molar-refractivity contribution in [2.45, 2.75) is 39.2 Å². The Morgan fingerprint density at radius 3 is 2.60 bits per heavy atom. The maximum Gasteiger partial charge on any atom is 0.255 e. The molecule has 0 aliphatic carbocycles. The van der Waals surface area contributed by atoms with Crippen molar-refractivity contribution in [2.24, 2.45) is 11.3 Å². The SMILES string of the molecule is CC1(C)CCCN(C(C(=O)NN)c2ccccc2)CC1. The molecular weight excluding hydrogens is 250 g/mol. The van der Waals surface area contributed by atoms with Crippen molar-refractivity contribution in [1.29, 1.82) is 0 Å². The number of carbonyl (C=O) groups is 1. The second-order valence-corrected chi connectivity index (χ2v) is 6.38. The minimum atomic E-state index is -0.282. The Kier molecular flexibility index (Phi) is 4.78. The van der Waals surface area contributed by atoms with Crippen molar-refractivity contribution in [2.75, 3.05) is 13.1 Å². The van der Waals surface area contributed by atoms with E-state index in [0.29, 0.717) is 5.41 Å². The molecule has 0 aromatic heterocycles. The van der Waals surface area contributed by atoms with Gasteiger partial charge in [0, 0.05) is 0 Å². The maximum absolute atomic E-state index is 12.2. The van der Waals surface area contributed by atoms with Gasteiger partial charge >= 0.3 is 0 Å². The molecule has 2 rings (SSSR count). The fraction of sp³-hybridized carbons (Fsp3) is 0.562. The minimum Gasteiger partial charge on any atom is -0.293 e. The third-order valence-corrected chi connectivity index (χ3v) is 4.25. The van der Waals surface area contributed by atoms with E-state index in [0.717, 1.165) is 31.5 Å². The number of hydrazine groups is 1. The highest BCUT2D eigenvalue weighted by Crippen LogP contribution is 2.33. The molecule has 1 fully saturated rings. The number of likely N-dealkylation sites (tertiary alicyclic amines) is 1. The number of carbonyl (C=O) groups excluding carboxylic acids is 1. The molecule has 0 saturated carbocycles. The summed E-state index contributed by atoms with van der Waals surface area (Å²) in [5, 5.41) is 0. The highest BCUT2D eigenvalue weighted by molar-refractivity contribution is 5.82. The lowest BCUT2D eigenvalue weighted by Gasteiger charge is -2.30. The van der Waals surface area contributed by atoms with E-state index in [1.54, 1.807) is 0 Å². The van der Waals surface area contributed by atoms with Gasteiger partial charge in [0.05, 0.1) is 0 Å². The van der Waals surface area contributed by atoms with E-state index < -0.39 is 0 Å². The predicted molar refractivity (Wildman–Crippen MR) is 80.7 cm³/mol. The highest BCUT2D eigenvalue weighted by Gasteiger charge is 2.31. The van der Waals surface area contributed by atoms with Gasteiger partial charge in [-0.15, -0.1) is 0 Å². The molecule has 20 heavy (non-hydrogen) atoms. The molecule has 1 atom stereocenters. The second-order valence-electron chi connectivity index (χ2n) is 6.38. The first-order valence-electron chi connectivity index (χ1n) is 7.33. The monoisotopic (exact) mass is 275 g/mol. The second kappa shape index (κ2) is 6.37. The highest BCUT2D eigenvalue weighted by atomic mass is 16.2. The zero-order valence-electron chi connectivity index (χ0n) is 12.4. The summed E-state index contributed by atoms with van der Waals surface area (Å²) in [6.45, 7) is 6.48. The van der Waals surface area contributed by atoms with E-state index >= 15 is 0 Å². The van der Waals surface area contributed by atoms with Gasteiger partial charge in [0.15, 0.2) is 0 Å². The first-order valence-corrected chi connectivity index (χ1v) is 7.33. The molecule has 0 bridgehead atoms. The maximum atomic E-state index is 12.2. The van der Waals surface area contributed by atoms with Gasteiger partial charge in [0.25, 0.3) is 5.91 Å². The van der Waals surface area contributed by atoms with Gasteiger partial charge in [0.2, 0.25) is 0 Å². The average molecular weight is 275 g/mol. The number of hydrogen-bond donors (Lipinski definition) is 2. The lowest BCUT2D eigenvalue weighted by atomic mass is 9.85. The molecule has 3 N–H and O–H groups in total. The molecule has 1 amide bonds. The van der Waals surface area contributed by atoms with Gasteiger partial charge in [-0.1, -0.05) is 44.2 Å². The summed E-state index contributed by atoms with van der Waals surface area (Å²) in [5.74, 6) is 5.25. The van der Waals surface area contributed by atoms with Crippen LogP contribution in [0.5, 0.6) is 0 Å². The molecule has 4 nitrogen and oxygen atoms in total. The van der Waals surface area contributed by atoms with Gasteiger partial charge in [-0.2, -0.15) is 0 Å². The van der Waals surface area contributed by atoms with Crippen LogP contribution in [0.4, 0.5) is 0 Å². The van der Waals surface area contributed by atoms with Crippen molar-refractivity contribution >= 4 is 5.91 Å². The molecule has 110 valence electrons. The normalized spacial score (nSPS) is 20.9. The van der Waals surface area contributed by atoms with Crippen molar-refractivity contribution < 1.29 is 4.79 Å². The Hall–Kier alpha value is -1.39. The van der Waals surface area contributed by atoms with Crippen LogP contribution in [-0.4, -0.2) is 23.9 Å². The zero-order chi connectivity index (χ0) is 14.6. The number of nitrogens with zero attached hydrogens (tertiary/aromatic N) is 1. The van der Waals surface area contributed by atoms with Crippen LogP contribution in [0.15, 0.2) is 30.3 Å². The molecule has 0 spiro atoms. The molecule has 1 aliphatic rings. The summed E-state index contributed by atoms with van der Waals surface area (Å²) < 4.78 is 0. The number of nitrogens with two attached hydrogens (primary N) is 1. The Balaban J connectivity index is 2.21. The molecule has 1 aromatic rings. The molecule has 1 unspecified atom stereocenters. The van der Waals surface area contributed by atoms with Crippen LogP contribution < -0.4 is 11.3 Å². The summed E-state index contributed by atoms with van der Waals surface area (Å²) in [5.41, 5.74) is 3.69. The average Bonchev–Trinajstić information content (AvgIpc) is 2.62. The van der Waals surface area contributed by atoms with E-state index in [9.17, 15) is 4.79 Å². The van der Waals surface area contributed by atoms with Gasteiger partial charge in [-0.3, -0.25) is 15.1 Å². The number of rotatable bonds is 3. The van der Waals surface area contributed by atoms with Gasteiger partial charge in [0.1, 0.15) is 6.04 Å². The lowest BCUT2D eigenvalue weighted by molar-refractivity contribution is -0.126. The summed E-state index contributed by atoms with van der Waals surface area (Å²) in [7, 11) is 0. The first-order chi connectivity index (χ1) is 9.53. The number of benzene rings is 1. The van der Waals surface area contributed by atoms with Gasteiger partial charge in [-0.25, -0.2) is 5.84 Å². The number of hydrogen-bond acceptors (Lipinski definition) is 3. The number of amides is 1. The molecule has 1 aliphatic heterocycles. The predicted octanol–water partition coefficient (Wildman–Crippen LogP) is 2.23. The molecule has 4 heteroatoms. The molecule has 1 heterocycles. The summed E-state index contributed by atoms with van der Waals surface area (Å²) in [6.07, 6.45) is 3.43. The third-order valence-electron chi connectivity index (χ3n) is 4.25. The Morgan fingerprint density at radius 1 is 1.25 bits per heavy atom. The van der Waals surface area contributed by atoms with Crippen LogP contribution in [0.1, 0.15) is 44.7 Å². The van der Waals surface area contributed by atoms with Crippen molar-refractivity contribution in [3.8, 4) is 0 Å². The van der Waals surface area contributed by atoms with Crippen LogP contribution in [0.25, 0.3) is 0 Å². The van der Waals surface area contributed by atoms with Crippen LogP contribution in [-0.2, 0) is 4.79 Å². The zero-order valence-corrected chi connectivity index (χ0v) is 12.4. The number of nitrogens with one attached hydrogen (secondary N) is 1. The van der Waals surface area contributed by atoms with E-state index in [1.165, 1.54) is 6.42 Å². The summed E-state index contributed by atoms with van der Waals surface area (Å²) >= 11 is 0. The van der Waals surface area contributed by atoms with Crippen LogP contribution in [0, 0.1) is 5.41 Å². The van der Waals surface area contributed by atoms with E-state index in [1.807, 2.05) is 30.3 Å². The lowest BCUT2D eigenvalue weighted by Crippen LogP contribution is -2.43.